The number of para-hydroxylation sites is 1. The van der Waals surface area contributed by atoms with E-state index in [4.69, 9.17) is 0 Å². The quantitative estimate of drug-likeness (QED) is 0.479. The van der Waals surface area contributed by atoms with Crippen molar-refractivity contribution in [2.75, 3.05) is 10.6 Å². The van der Waals surface area contributed by atoms with Gasteiger partial charge in [0.15, 0.2) is 0 Å². The van der Waals surface area contributed by atoms with E-state index < -0.39 is 35.4 Å². The minimum Gasteiger partial charge on any atom is -0.326 e. The highest BCUT2D eigenvalue weighted by Gasteiger charge is 2.34. The minimum atomic E-state index is -4.63. The van der Waals surface area contributed by atoms with Gasteiger partial charge in [0.05, 0.1) is 11.3 Å². The Hall–Kier alpha value is -3.47. The third-order valence-corrected chi connectivity index (χ3v) is 5.28. The summed E-state index contributed by atoms with van der Waals surface area (Å²) in [6, 6.07) is 11.9. The first-order valence-corrected chi connectivity index (χ1v) is 10.4. The number of carbonyl (C=O) groups is 2. The van der Waals surface area contributed by atoms with E-state index in [9.17, 15) is 22.8 Å². The largest absolute Gasteiger partial charge is 0.418 e. The Morgan fingerprint density at radius 3 is 2.25 bits per heavy atom. The molecule has 0 aliphatic rings. The lowest BCUT2D eigenvalue weighted by Crippen LogP contribution is -2.48. The first-order chi connectivity index (χ1) is 15.1. The van der Waals surface area contributed by atoms with Gasteiger partial charge in [-0.15, -0.1) is 10.2 Å². The molecule has 0 fully saturated rings. The van der Waals surface area contributed by atoms with Gasteiger partial charge in [-0.05, 0) is 18.1 Å². The monoisotopic (exact) mass is 463 g/mol. The van der Waals surface area contributed by atoms with Crippen LogP contribution in [0.25, 0.3) is 10.6 Å². The maximum Gasteiger partial charge on any atom is 0.418 e. The highest BCUT2D eigenvalue weighted by atomic mass is 32.1. The Kier molecular flexibility index (Phi) is 7.08. The molecule has 7 nitrogen and oxygen atoms in total. The average molecular weight is 463 g/mol. The Labute approximate surface area is 186 Å². The molecule has 0 saturated heterocycles. The molecule has 0 aliphatic carbocycles. The Bertz CT molecular complexity index is 1090. The predicted octanol–water partition coefficient (Wildman–Crippen LogP) is 5.01. The lowest BCUT2D eigenvalue weighted by Gasteiger charge is -2.22. The first-order valence-electron chi connectivity index (χ1n) is 9.58. The lowest BCUT2D eigenvalue weighted by atomic mass is 10.0. The fourth-order valence-electron chi connectivity index (χ4n) is 2.83. The second-order valence-electron chi connectivity index (χ2n) is 7.13. The second-order valence-corrected chi connectivity index (χ2v) is 8.11. The van der Waals surface area contributed by atoms with E-state index in [-0.39, 0.29) is 11.0 Å². The van der Waals surface area contributed by atoms with E-state index in [2.05, 4.69) is 26.1 Å². The van der Waals surface area contributed by atoms with Crippen molar-refractivity contribution in [3.8, 4) is 10.6 Å². The number of halogens is 3. The van der Waals surface area contributed by atoms with Gasteiger partial charge in [0, 0.05) is 5.56 Å². The lowest BCUT2D eigenvalue weighted by molar-refractivity contribution is -0.137. The number of hydrogen-bond donors (Lipinski definition) is 3. The van der Waals surface area contributed by atoms with Gasteiger partial charge in [-0.1, -0.05) is 67.6 Å². The summed E-state index contributed by atoms with van der Waals surface area (Å²) < 4.78 is 39.4. The SMILES string of the molecule is CC(C)C(NC(=O)Nc1ccccc1C(F)(F)F)C(=O)Nc1nnc(-c2ccccc2)s1. The normalized spacial score (nSPS) is 12.3. The third-order valence-electron chi connectivity index (χ3n) is 4.39. The van der Waals surface area contributed by atoms with Crippen molar-refractivity contribution >= 4 is 34.1 Å². The number of anilines is 2. The van der Waals surface area contributed by atoms with Crippen molar-refractivity contribution in [2.45, 2.75) is 26.1 Å². The van der Waals surface area contributed by atoms with E-state index in [1.807, 2.05) is 30.3 Å². The number of urea groups is 1. The van der Waals surface area contributed by atoms with Gasteiger partial charge in [0.25, 0.3) is 0 Å². The molecule has 11 heteroatoms. The number of benzene rings is 2. The molecular formula is C21H20F3N5O2S. The fourth-order valence-corrected chi connectivity index (χ4v) is 3.58. The molecule has 0 radical (unpaired) electrons. The van der Waals surface area contributed by atoms with Gasteiger partial charge in [-0.2, -0.15) is 13.2 Å². The van der Waals surface area contributed by atoms with Crippen LogP contribution in [0.1, 0.15) is 19.4 Å². The smallest absolute Gasteiger partial charge is 0.326 e. The number of hydrogen-bond acceptors (Lipinski definition) is 5. The average Bonchev–Trinajstić information content (AvgIpc) is 3.20. The van der Waals surface area contributed by atoms with Gasteiger partial charge in [-0.25, -0.2) is 4.79 Å². The molecule has 3 aromatic rings. The van der Waals surface area contributed by atoms with Crippen molar-refractivity contribution in [3.05, 3.63) is 60.2 Å². The number of rotatable bonds is 6. The van der Waals surface area contributed by atoms with E-state index in [1.165, 1.54) is 12.1 Å². The third kappa shape index (κ3) is 5.82. The highest BCUT2D eigenvalue weighted by molar-refractivity contribution is 7.18. The van der Waals surface area contributed by atoms with Crippen LogP contribution >= 0.6 is 11.3 Å². The number of nitrogens with zero attached hydrogens (tertiary/aromatic N) is 2. The maximum absolute atomic E-state index is 13.1. The summed E-state index contributed by atoms with van der Waals surface area (Å²) in [5, 5.41) is 16.0. The molecule has 0 bridgehead atoms. The zero-order valence-electron chi connectivity index (χ0n) is 17.1. The Morgan fingerprint density at radius 2 is 1.59 bits per heavy atom. The fraction of sp³-hybridized carbons (Fsp3) is 0.238. The van der Waals surface area contributed by atoms with Crippen LogP contribution in [0.3, 0.4) is 0 Å². The number of aromatic nitrogens is 2. The van der Waals surface area contributed by atoms with Gasteiger partial charge in [0.1, 0.15) is 11.0 Å². The molecule has 1 unspecified atom stereocenters. The summed E-state index contributed by atoms with van der Waals surface area (Å²) in [5.41, 5.74) is -0.549. The molecule has 2 aromatic carbocycles. The molecule has 3 N–H and O–H groups in total. The van der Waals surface area contributed by atoms with E-state index in [0.717, 1.165) is 29.0 Å². The highest BCUT2D eigenvalue weighted by Crippen LogP contribution is 2.34. The number of alkyl halides is 3. The van der Waals surface area contributed by atoms with Crippen LogP contribution < -0.4 is 16.0 Å². The van der Waals surface area contributed by atoms with Crippen LogP contribution in [0.15, 0.2) is 54.6 Å². The molecule has 1 heterocycles. The second kappa shape index (κ2) is 9.77. The molecule has 3 amide bonds. The van der Waals surface area contributed by atoms with Gasteiger partial charge in [-0.3, -0.25) is 10.1 Å². The summed E-state index contributed by atoms with van der Waals surface area (Å²) in [6.45, 7) is 3.40. The van der Waals surface area contributed by atoms with Crippen LogP contribution in [0.2, 0.25) is 0 Å². The number of nitrogens with one attached hydrogen (secondary N) is 3. The summed E-state index contributed by atoms with van der Waals surface area (Å²) in [5.74, 6) is -0.907. The van der Waals surface area contributed by atoms with Crippen LogP contribution in [0.5, 0.6) is 0 Å². The van der Waals surface area contributed by atoms with Crippen LogP contribution in [0.4, 0.5) is 28.8 Å². The molecule has 3 rings (SSSR count). The zero-order valence-corrected chi connectivity index (χ0v) is 17.9. The van der Waals surface area contributed by atoms with E-state index in [1.54, 1.807) is 13.8 Å². The van der Waals surface area contributed by atoms with Crippen LogP contribution in [0, 0.1) is 5.92 Å². The van der Waals surface area contributed by atoms with Crippen LogP contribution in [-0.2, 0) is 11.0 Å². The van der Waals surface area contributed by atoms with Crippen molar-refractivity contribution in [3.63, 3.8) is 0 Å². The predicted molar refractivity (Wildman–Crippen MR) is 116 cm³/mol. The first kappa shape index (κ1) is 23.2. The topological polar surface area (TPSA) is 96.0 Å². The number of amides is 3. The molecule has 0 saturated carbocycles. The number of carbonyl (C=O) groups excluding carboxylic acids is 2. The molecule has 0 aliphatic heterocycles. The van der Waals surface area contributed by atoms with Gasteiger partial charge in [0.2, 0.25) is 11.0 Å². The van der Waals surface area contributed by atoms with Crippen molar-refractivity contribution in [1.82, 2.24) is 15.5 Å². The van der Waals surface area contributed by atoms with Crippen molar-refractivity contribution < 1.29 is 22.8 Å². The molecule has 1 atom stereocenters. The molecule has 32 heavy (non-hydrogen) atoms. The molecule has 1 aromatic heterocycles. The summed E-state index contributed by atoms with van der Waals surface area (Å²) in [6.07, 6.45) is -4.63. The van der Waals surface area contributed by atoms with E-state index in [0.29, 0.717) is 5.01 Å². The van der Waals surface area contributed by atoms with Crippen LogP contribution in [-0.4, -0.2) is 28.2 Å². The van der Waals surface area contributed by atoms with Gasteiger partial charge >= 0.3 is 12.2 Å². The molecule has 0 spiro atoms. The van der Waals surface area contributed by atoms with Crippen molar-refractivity contribution in [1.29, 1.82) is 0 Å². The minimum absolute atomic E-state index is 0.240. The Morgan fingerprint density at radius 1 is 0.938 bits per heavy atom. The Balaban J connectivity index is 1.68. The summed E-state index contributed by atoms with van der Waals surface area (Å²) in [4.78, 5) is 25.1. The molecule has 168 valence electrons. The summed E-state index contributed by atoms with van der Waals surface area (Å²) >= 11 is 1.16. The molecular weight excluding hydrogens is 443 g/mol. The van der Waals surface area contributed by atoms with E-state index >= 15 is 0 Å². The summed E-state index contributed by atoms with van der Waals surface area (Å²) in [7, 11) is 0. The van der Waals surface area contributed by atoms with Crippen molar-refractivity contribution in [2.24, 2.45) is 5.92 Å². The maximum atomic E-state index is 13.1. The van der Waals surface area contributed by atoms with Gasteiger partial charge < -0.3 is 10.6 Å². The standard InChI is InChI=1S/C21H20F3N5O2S/c1-12(2)16(26-19(31)25-15-11-7-6-10-14(15)21(22,23)24)17(30)27-20-29-28-18(32-20)13-8-4-3-5-9-13/h3-12,16H,1-2H3,(H2,25,26,31)(H,27,29,30). The zero-order chi connectivity index (χ0) is 23.3.